The van der Waals surface area contributed by atoms with Gasteiger partial charge in [0.1, 0.15) is 5.75 Å². The summed E-state index contributed by atoms with van der Waals surface area (Å²) in [6.45, 7) is 7.30. The molecule has 0 N–H and O–H groups in total. The van der Waals surface area contributed by atoms with Crippen LogP contribution in [0.4, 0.5) is 0 Å². The Morgan fingerprint density at radius 2 is 1.25 bits per heavy atom. The SMILES string of the molecule is Cc1cccc(C)c1-c1c(C)cccc1OCCCCCCCCl. The fraction of sp³-hybridized carbons (Fsp3) is 0.455. The molecule has 1 nitrogen and oxygen atoms in total. The molecular weight excluding hydrogens is 316 g/mol. The summed E-state index contributed by atoms with van der Waals surface area (Å²) in [5, 5.41) is 0. The van der Waals surface area contributed by atoms with Gasteiger partial charge in [0.2, 0.25) is 0 Å². The Morgan fingerprint density at radius 1 is 0.708 bits per heavy atom. The number of halogens is 1. The standard InChI is InChI=1S/C22H29ClO/c1-17-11-9-12-18(2)21(17)22-19(3)13-10-14-20(22)24-16-8-6-4-5-7-15-23/h9-14H,4-8,15-16H2,1-3H3. The molecular formula is C22H29ClO. The fourth-order valence-corrected chi connectivity index (χ4v) is 3.39. The lowest BCUT2D eigenvalue weighted by atomic mass is 9.92. The molecule has 0 radical (unpaired) electrons. The third kappa shape index (κ3) is 5.01. The zero-order valence-corrected chi connectivity index (χ0v) is 16.0. The molecule has 2 aromatic rings. The summed E-state index contributed by atoms with van der Waals surface area (Å²) >= 11 is 5.71. The first-order chi connectivity index (χ1) is 11.6. The maximum atomic E-state index is 6.16. The van der Waals surface area contributed by atoms with Gasteiger partial charge in [-0.15, -0.1) is 11.6 Å². The van der Waals surface area contributed by atoms with Crippen molar-refractivity contribution in [1.82, 2.24) is 0 Å². The maximum absolute atomic E-state index is 6.16. The van der Waals surface area contributed by atoms with E-state index in [0.29, 0.717) is 0 Å². The topological polar surface area (TPSA) is 9.23 Å². The van der Waals surface area contributed by atoms with Crippen LogP contribution in [-0.4, -0.2) is 12.5 Å². The second kappa shape index (κ2) is 9.74. The number of unbranched alkanes of at least 4 members (excludes halogenated alkanes) is 4. The molecule has 2 heteroatoms. The van der Waals surface area contributed by atoms with E-state index in [2.05, 4.69) is 57.2 Å². The van der Waals surface area contributed by atoms with Crippen LogP contribution in [0, 0.1) is 20.8 Å². The molecule has 2 rings (SSSR count). The van der Waals surface area contributed by atoms with E-state index in [4.69, 9.17) is 16.3 Å². The van der Waals surface area contributed by atoms with Crippen molar-refractivity contribution in [2.24, 2.45) is 0 Å². The fourth-order valence-electron chi connectivity index (χ4n) is 3.20. The number of ether oxygens (including phenoxy) is 1. The van der Waals surface area contributed by atoms with Crippen LogP contribution in [0.1, 0.15) is 48.8 Å². The molecule has 0 atom stereocenters. The highest BCUT2D eigenvalue weighted by atomic mass is 35.5. The number of hydrogen-bond donors (Lipinski definition) is 0. The Labute approximate surface area is 152 Å². The van der Waals surface area contributed by atoms with E-state index in [-0.39, 0.29) is 0 Å². The molecule has 0 heterocycles. The van der Waals surface area contributed by atoms with Crippen LogP contribution in [0.25, 0.3) is 11.1 Å². The average Bonchev–Trinajstić information content (AvgIpc) is 2.56. The lowest BCUT2D eigenvalue weighted by molar-refractivity contribution is 0.305. The molecule has 0 saturated heterocycles. The molecule has 0 aliphatic heterocycles. The third-order valence-electron chi connectivity index (χ3n) is 4.50. The quantitative estimate of drug-likeness (QED) is 0.357. The zero-order valence-electron chi connectivity index (χ0n) is 15.2. The summed E-state index contributed by atoms with van der Waals surface area (Å²) in [6.07, 6.45) is 5.90. The molecule has 0 unspecified atom stereocenters. The Morgan fingerprint density at radius 3 is 1.92 bits per heavy atom. The second-order valence-corrected chi connectivity index (χ2v) is 6.90. The zero-order chi connectivity index (χ0) is 17.4. The highest BCUT2D eigenvalue weighted by Gasteiger charge is 2.13. The molecule has 24 heavy (non-hydrogen) atoms. The Kier molecular flexibility index (Phi) is 7.65. The molecule has 0 amide bonds. The normalized spacial score (nSPS) is 10.8. The Bertz CT molecular complexity index is 628. The van der Waals surface area contributed by atoms with Crippen LogP contribution in [0.15, 0.2) is 36.4 Å². The number of aryl methyl sites for hydroxylation is 3. The van der Waals surface area contributed by atoms with Gasteiger partial charge in [-0.05, 0) is 61.9 Å². The molecule has 0 fully saturated rings. The van der Waals surface area contributed by atoms with Crippen LogP contribution in [-0.2, 0) is 0 Å². The van der Waals surface area contributed by atoms with Crippen molar-refractivity contribution in [3.63, 3.8) is 0 Å². The lowest BCUT2D eigenvalue weighted by Crippen LogP contribution is -2.01. The molecule has 0 aliphatic rings. The van der Waals surface area contributed by atoms with E-state index in [1.54, 1.807) is 0 Å². The van der Waals surface area contributed by atoms with Gasteiger partial charge in [0.05, 0.1) is 6.61 Å². The molecule has 0 saturated carbocycles. The van der Waals surface area contributed by atoms with E-state index in [1.807, 2.05) is 0 Å². The summed E-state index contributed by atoms with van der Waals surface area (Å²) in [4.78, 5) is 0. The van der Waals surface area contributed by atoms with Crippen molar-refractivity contribution in [1.29, 1.82) is 0 Å². The van der Waals surface area contributed by atoms with Gasteiger partial charge in [0.25, 0.3) is 0 Å². The summed E-state index contributed by atoms with van der Waals surface area (Å²) < 4.78 is 6.16. The predicted molar refractivity (Wildman–Crippen MR) is 105 cm³/mol. The van der Waals surface area contributed by atoms with Gasteiger partial charge in [-0.1, -0.05) is 49.6 Å². The molecule has 0 spiro atoms. The summed E-state index contributed by atoms with van der Waals surface area (Å²) in [5.74, 6) is 1.78. The Balaban J connectivity index is 2.08. The summed E-state index contributed by atoms with van der Waals surface area (Å²) in [6, 6.07) is 12.8. The van der Waals surface area contributed by atoms with Gasteiger partial charge in [0, 0.05) is 11.4 Å². The first kappa shape index (κ1) is 18.9. The van der Waals surface area contributed by atoms with Crippen LogP contribution in [0.3, 0.4) is 0 Å². The number of hydrogen-bond acceptors (Lipinski definition) is 1. The molecule has 130 valence electrons. The molecule has 0 aliphatic carbocycles. The van der Waals surface area contributed by atoms with Crippen molar-refractivity contribution in [3.05, 3.63) is 53.1 Å². The van der Waals surface area contributed by atoms with Gasteiger partial charge in [-0.25, -0.2) is 0 Å². The number of alkyl halides is 1. The minimum atomic E-state index is 0.777. The minimum Gasteiger partial charge on any atom is -0.493 e. The van der Waals surface area contributed by atoms with Crippen molar-refractivity contribution >= 4 is 11.6 Å². The number of benzene rings is 2. The monoisotopic (exact) mass is 344 g/mol. The first-order valence-electron chi connectivity index (χ1n) is 9.00. The van der Waals surface area contributed by atoms with Crippen molar-refractivity contribution in [2.45, 2.75) is 52.9 Å². The van der Waals surface area contributed by atoms with Crippen molar-refractivity contribution in [3.8, 4) is 16.9 Å². The summed E-state index contributed by atoms with van der Waals surface area (Å²) in [7, 11) is 0. The van der Waals surface area contributed by atoms with Crippen LogP contribution >= 0.6 is 11.6 Å². The van der Waals surface area contributed by atoms with E-state index in [1.165, 1.54) is 47.1 Å². The smallest absolute Gasteiger partial charge is 0.127 e. The maximum Gasteiger partial charge on any atom is 0.127 e. The van der Waals surface area contributed by atoms with Crippen LogP contribution in [0.2, 0.25) is 0 Å². The van der Waals surface area contributed by atoms with Crippen molar-refractivity contribution < 1.29 is 4.74 Å². The Hall–Kier alpha value is -1.47. The lowest BCUT2D eigenvalue weighted by Gasteiger charge is -2.18. The van der Waals surface area contributed by atoms with Gasteiger partial charge < -0.3 is 4.74 Å². The minimum absolute atomic E-state index is 0.777. The van der Waals surface area contributed by atoms with E-state index in [0.717, 1.165) is 31.1 Å². The molecule has 0 aromatic heterocycles. The highest BCUT2D eigenvalue weighted by Crippen LogP contribution is 2.37. The van der Waals surface area contributed by atoms with E-state index < -0.39 is 0 Å². The highest BCUT2D eigenvalue weighted by molar-refractivity contribution is 6.17. The van der Waals surface area contributed by atoms with Crippen LogP contribution < -0.4 is 4.74 Å². The third-order valence-corrected chi connectivity index (χ3v) is 4.77. The summed E-state index contributed by atoms with van der Waals surface area (Å²) in [5.41, 5.74) is 6.43. The van der Waals surface area contributed by atoms with Gasteiger partial charge in [0.15, 0.2) is 0 Å². The second-order valence-electron chi connectivity index (χ2n) is 6.52. The van der Waals surface area contributed by atoms with Gasteiger partial charge >= 0.3 is 0 Å². The molecule has 0 bridgehead atoms. The van der Waals surface area contributed by atoms with Gasteiger partial charge in [-0.3, -0.25) is 0 Å². The molecule has 2 aromatic carbocycles. The van der Waals surface area contributed by atoms with E-state index >= 15 is 0 Å². The largest absolute Gasteiger partial charge is 0.493 e. The van der Waals surface area contributed by atoms with E-state index in [9.17, 15) is 0 Å². The van der Waals surface area contributed by atoms with Crippen LogP contribution in [0.5, 0.6) is 5.75 Å². The number of rotatable bonds is 9. The predicted octanol–water partition coefficient (Wildman–Crippen LogP) is 6.85. The average molecular weight is 345 g/mol. The first-order valence-corrected chi connectivity index (χ1v) is 9.53. The van der Waals surface area contributed by atoms with Crippen molar-refractivity contribution in [2.75, 3.05) is 12.5 Å². The van der Waals surface area contributed by atoms with Gasteiger partial charge in [-0.2, -0.15) is 0 Å².